The summed E-state index contributed by atoms with van der Waals surface area (Å²) >= 11 is 0. The van der Waals surface area contributed by atoms with Crippen LogP contribution in [-0.2, 0) is 11.2 Å². The Hall–Kier alpha value is -2.43. The SMILES string of the molecule is O=C(CCCc1ccccc1)N1CCC(Oc2ncccn2)CC1. The van der Waals surface area contributed by atoms with Crippen LogP contribution in [0.4, 0.5) is 0 Å². The van der Waals surface area contributed by atoms with Crippen molar-refractivity contribution in [1.82, 2.24) is 14.9 Å². The molecule has 0 radical (unpaired) electrons. The van der Waals surface area contributed by atoms with Gasteiger partial charge in [-0.15, -0.1) is 0 Å². The molecule has 0 N–H and O–H groups in total. The fraction of sp³-hybridized carbons (Fsp3) is 0.421. The standard InChI is InChI=1S/C19H23N3O2/c23-18(9-4-8-16-6-2-1-3-7-16)22-14-10-17(11-15-22)24-19-20-12-5-13-21-19/h1-3,5-7,12-13,17H,4,8-11,14-15H2. The average Bonchev–Trinajstić information content (AvgIpc) is 2.64. The first-order valence-corrected chi connectivity index (χ1v) is 8.56. The van der Waals surface area contributed by atoms with Crippen LogP contribution in [0.25, 0.3) is 0 Å². The van der Waals surface area contributed by atoms with Crippen molar-refractivity contribution in [2.24, 2.45) is 0 Å². The molecular weight excluding hydrogens is 302 g/mol. The molecule has 24 heavy (non-hydrogen) atoms. The Balaban J connectivity index is 1.37. The molecule has 2 aromatic rings. The minimum atomic E-state index is 0.0979. The number of hydrogen-bond acceptors (Lipinski definition) is 4. The van der Waals surface area contributed by atoms with Gasteiger partial charge >= 0.3 is 6.01 Å². The number of hydrogen-bond donors (Lipinski definition) is 0. The van der Waals surface area contributed by atoms with Crippen molar-refractivity contribution in [3.8, 4) is 6.01 Å². The molecule has 1 aliphatic heterocycles. The predicted octanol–water partition coefficient (Wildman–Crippen LogP) is 2.87. The Kier molecular flexibility index (Phi) is 5.77. The highest BCUT2D eigenvalue weighted by Crippen LogP contribution is 2.17. The molecule has 126 valence electrons. The lowest BCUT2D eigenvalue weighted by Crippen LogP contribution is -2.41. The van der Waals surface area contributed by atoms with Crippen LogP contribution < -0.4 is 4.74 Å². The van der Waals surface area contributed by atoms with Gasteiger partial charge in [-0.05, 0) is 24.5 Å². The van der Waals surface area contributed by atoms with Crippen molar-refractivity contribution in [3.63, 3.8) is 0 Å². The van der Waals surface area contributed by atoms with Gasteiger partial charge in [0, 0.05) is 44.7 Å². The van der Waals surface area contributed by atoms with Gasteiger partial charge < -0.3 is 9.64 Å². The molecule has 1 saturated heterocycles. The molecule has 3 rings (SSSR count). The fourth-order valence-corrected chi connectivity index (χ4v) is 2.96. The largest absolute Gasteiger partial charge is 0.460 e. The summed E-state index contributed by atoms with van der Waals surface area (Å²) in [5, 5.41) is 0. The van der Waals surface area contributed by atoms with Crippen molar-refractivity contribution in [3.05, 3.63) is 54.4 Å². The Bertz CT molecular complexity index is 626. The van der Waals surface area contributed by atoms with E-state index in [0.717, 1.165) is 38.8 Å². The van der Waals surface area contributed by atoms with E-state index < -0.39 is 0 Å². The van der Waals surface area contributed by atoms with Gasteiger partial charge in [0.05, 0.1) is 0 Å². The first-order valence-electron chi connectivity index (χ1n) is 8.56. The molecule has 0 bridgehead atoms. The topological polar surface area (TPSA) is 55.3 Å². The van der Waals surface area contributed by atoms with Gasteiger partial charge in [-0.3, -0.25) is 4.79 Å². The van der Waals surface area contributed by atoms with Gasteiger partial charge in [-0.25, -0.2) is 9.97 Å². The number of likely N-dealkylation sites (tertiary alicyclic amines) is 1. The highest BCUT2D eigenvalue weighted by Gasteiger charge is 2.24. The maximum absolute atomic E-state index is 12.3. The summed E-state index contributed by atoms with van der Waals surface area (Å²) in [5.41, 5.74) is 1.29. The smallest absolute Gasteiger partial charge is 0.316 e. The van der Waals surface area contributed by atoms with Crippen LogP contribution >= 0.6 is 0 Å². The van der Waals surface area contributed by atoms with E-state index in [-0.39, 0.29) is 12.0 Å². The van der Waals surface area contributed by atoms with E-state index in [1.807, 2.05) is 23.1 Å². The summed E-state index contributed by atoms with van der Waals surface area (Å²) in [6.07, 6.45) is 7.59. The van der Waals surface area contributed by atoms with Crippen molar-refractivity contribution in [2.75, 3.05) is 13.1 Å². The van der Waals surface area contributed by atoms with E-state index in [1.165, 1.54) is 5.56 Å². The van der Waals surface area contributed by atoms with Gasteiger partial charge in [0.15, 0.2) is 0 Å². The summed E-state index contributed by atoms with van der Waals surface area (Å²) in [5.74, 6) is 0.250. The summed E-state index contributed by atoms with van der Waals surface area (Å²) in [6, 6.07) is 12.5. The third-order valence-electron chi connectivity index (χ3n) is 4.31. The molecule has 0 saturated carbocycles. The van der Waals surface area contributed by atoms with Gasteiger partial charge in [-0.2, -0.15) is 0 Å². The summed E-state index contributed by atoms with van der Waals surface area (Å²) in [4.78, 5) is 22.4. The first-order chi connectivity index (χ1) is 11.8. The zero-order valence-corrected chi connectivity index (χ0v) is 13.8. The molecule has 1 aliphatic rings. The highest BCUT2D eigenvalue weighted by molar-refractivity contribution is 5.76. The summed E-state index contributed by atoms with van der Waals surface area (Å²) in [6.45, 7) is 1.50. The molecule has 5 nitrogen and oxygen atoms in total. The molecule has 1 amide bonds. The molecule has 1 aromatic carbocycles. The minimum absolute atomic E-state index is 0.0979. The number of ether oxygens (including phenoxy) is 1. The Morgan fingerprint density at radius 1 is 1.08 bits per heavy atom. The quantitative estimate of drug-likeness (QED) is 0.819. The fourth-order valence-electron chi connectivity index (χ4n) is 2.96. The number of piperidine rings is 1. The lowest BCUT2D eigenvalue weighted by atomic mass is 10.1. The molecule has 2 heterocycles. The third-order valence-corrected chi connectivity index (χ3v) is 4.31. The second-order valence-corrected chi connectivity index (χ2v) is 6.07. The van der Waals surface area contributed by atoms with Crippen LogP contribution in [0.3, 0.4) is 0 Å². The summed E-state index contributed by atoms with van der Waals surface area (Å²) < 4.78 is 5.76. The molecule has 0 aliphatic carbocycles. The summed E-state index contributed by atoms with van der Waals surface area (Å²) in [7, 11) is 0. The van der Waals surface area contributed by atoms with E-state index in [1.54, 1.807) is 18.5 Å². The number of rotatable bonds is 6. The zero-order valence-electron chi connectivity index (χ0n) is 13.8. The number of benzene rings is 1. The molecule has 0 spiro atoms. The molecule has 1 fully saturated rings. The van der Waals surface area contributed by atoms with E-state index in [4.69, 9.17) is 4.74 Å². The highest BCUT2D eigenvalue weighted by atomic mass is 16.5. The number of amides is 1. The molecule has 5 heteroatoms. The second-order valence-electron chi connectivity index (χ2n) is 6.07. The number of aromatic nitrogens is 2. The molecule has 0 atom stereocenters. The van der Waals surface area contributed by atoms with Gasteiger partial charge in [0.2, 0.25) is 5.91 Å². The number of aryl methyl sites for hydroxylation is 1. The maximum atomic E-state index is 12.3. The van der Waals surface area contributed by atoms with E-state index >= 15 is 0 Å². The Labute approximate surface area is 142 Å². The molecular formula is C19H23N3O2. The van der Waals surface area contributed by atoms with Crippen LogP contribution in [-0.4, -0.2) is 40.0 Å². The van der Waals surface area contributed by atoms with Crippen LogP contribution in [0, 0.1) is 0 Å². The van der Waals surface area contributed by atoms with E-state index in [2.05, 4.69) is 22.1 Å². The number of carbonyl (C=O) groups is 1. The Morgan fingerprint density at radius 2 is 1.79 bits per heavy atom. The maximum Gasteiger partial charge on any atom is 0.316 e. The second kappa shape index (κ2) is 8.43. The van der Waals surface area contributed by atoms with Crippen molar-refractivity contribution in [2.45, 2.75) is 38.2 Å². The van der Waals surface area contributed by atoms with Gasteiger partial charge in [-0.1, -0.05) is 30.3 Å². The third kappa shape index (κ3) is 4.78. The van der Waals surface area contributed by atoms with Gasteiger partial charge in [0.1, 0.15) is 6.10 Å². The normalized spacial score (nSPS) is 15.2. The lowest BCUT2D eigenvalue weighted by molar-refractivity contribution is -0.133. The number of carbonyl (C=O) groups excluding carboxylic acids is 1. The van der Waals surface area contributed by atoms with Gasteiger partial charge in [0.25, 0.3) is 0 Å². The minimum Gasteiger partial charge on any atom is -0.460 e. The monoisotopic (exact) mass is 325 g/mol. The molecule has 1 aromatic heterocycles. The van der Waals surface area contributed by atoms with Crippen LogP contribution in [0.15, 0.2) is 48.8 Å². The molecule has 0 unspecified atom stereocenters. The van der Waals surface area contributed by atoms with Crippen LogP contribution in [0.1, 0.15) is 31.2 Å². The van der Waals surface area contributed by atoms with Crippen LogP contribution in [0.5, 0.6) is 6.01 Å². The van der Waals surface area contributed by atoms with E-state index in [9.17, 15) is 4.79 Å². The lowest BCUT2D eigenvalue weighted by Gasteiger charge is -2.31. The Morgan fingerprint density at radius 3 is 2.50 bits per heavy atom. The van der Waals surface area contributed by atoms with E-state index in [0.29, 0.717) is 12.4 Å². The van der Waals surface area contributed by atoms with Crippen molar-refractivity contribution < 1.29 is 9.53 Å². The van der Waals surface area contributed by atoms with Crippen LogP contribution in [0.2, 0.25) is 0 Å². The zero-order chi connectivity index (χ0) is 16.6. The average molecular weight is 325 g/mol. The number of nitrogens with zero attached hydrogens (tertiary/aromatic N) is 3. The van der Waals surface area contributed by atoms with Crippen molar-refractivity contribution >= 4 is 5.91 Å². The predicted molar refractivity (Wildman–Crippen MR) is 91.6 cm³/mol. The first kappa shape index (κ1) is 16.4. The van der Waals surface area contributed by atoms with Crippen molar-refractivity contribution in [1.29, 1.82) is 0 Å².